The lowest BCUT2D eigenvalue weighted by Crippen LogP contribution is -2.50. The molecule has 0 spiro atoms. The highest BCUT2D eigenvalue weighted by atomic mass is 16.5. The molecule has 2 N–H and O–H groups in total. The highest BCUT2D eigenvalue weighted by Gasteiger charge is 2.36. The first-order valence-electron chi connectivity index (χ1n) is 6.71. The van der Waals surface area contributed by atoms with E-state index in [1.807, 2.05) is 0 Å². The Morgan fingerprint density at radius 2 is 2.00 bits per heavy atom. The van der Waals surface area contributed by atoms with Gasteiger partial charge in [0.2, 0.25) is 5.91 Å². The molecular formula is C13H26N2O2. The standard InChI is InChI=1S/C13H26N2O2/c1-4-11(5-2)15-12(16)9-14-10-13(17-3)7-6-8-13/h11,14H,4-10H2,1-3H3,(H,15,16). The first kappa shape index (κ1) is 14.5. The fourth-order valence-corrected chi connectivity index (χ4v) is 2.20. The number of hydrogen-bond acceptors (Lipinski definition) is 3. The minimum atomic E-state index is -0.00477. The van der Waals surface area contributed by atoms with Gasteiger partial charge in [-0.15, -0.1) is 0 Å². The van der Waals surface area contributed by atoms with Crippen LogP contribution >= 0.6 is 0 Å². The van der Waals surface area contributed by atoms with Gasteiger partial charge in [0.15, 0.2) is 0 Å². The van der Waals surface area contributed by atoms with Crippen LogP contribution in [0.3, 0.4) is 0 Å². The van der Waals surface area contributed by atoms with Gasteiger partial charge in [0, 0.05) is 19.7 Å². The molecule has 1 fully saturated rings. The van der Waals surface area contributed by atoms with Gasteiger partial charge in [0.1, 0.15) is 0 Å². The second-order valence-electron chi connectivity index (χ2n) is 4.93. The van der Waals surface area contributed by atoms with Gasteiger partial charge in [-0.25, -0.2) is 0 Å². The average molecular weight is 242 g/mol. The molecule has 0 saturated heterocycles. The van der Waals surface area contributed by atoms with Crippen molar-refractivity contribution in [2.24, 2.45) is 0 Å². The Hall–Kier alpha value is -0.610. The van der Waals surface area contributed by atoms with Crippen LogP contribution in [0.1, 0.15) is 46.0 Å². The van der Waals surface area contributed by atoms with E-state index in [0.717, 1.165) is 32.2 Å². The van der Waals surface area contributed by atoms with Gasteiger partial charge >= 0.3 is 0 Å². The van der Waals surface area contributed by atoms with Crippen LogP contribution in [0.15, 0.2) is 0 Å². The summed E-state index contributed by atoms with van der Waals surface area (Å²) in [5, 5.41) is 6.21. The van der Waals surface area contributed by atoms with E-state index in [2.05, 4.69) is 24.5 Å². The molecule has 0 heterocycles. The van der Waals surface area contributed by atoms with E-state index < -0.39 is 0 Å². The molecule has 1 amide bonds. The molecule has 1 aliphatic carbocycles. The lowest BCUT2D eigenvalue weighted by atomic mass is 9.80. The number of ether oxygens (including phenoxy) is 1. The van der Waals surface area contributed by atoms with Crippen LogP contribution in [0.2, 0.25) is 0 Å². The Labute approximate surface area is 104 Å². The van der Waals surface area contributed by atoms with Gasteiger partial charge in [0.25, 0.3) is 0 Å². The van der Waals surface area contributed by atoms with Crippen molar-refractivity contribution in [2.45, 2.75) is 57.6 Å². The Bertz CT molecular complexity index is 230. The summed E-state index contributed by atoms with van der Waals surface area (Å²) in [5.74, 6) is 0.0873. The summed E-state index contributed by atoms with van der Waals surface area (Å²) in [6.07, 6.45) is 5.42. The summed E-state index contributed by atoms with van der Waals surface area (Å²) < 4.78 is 5.48. The highest BCUT2D eigenvalue weighted by molar-refractivity contribution is 5.78. The summed E-state index contributed by atoms with van der Waals surface area (Å²) >= 11 is 0. The van der Waals surface area contributed by atoms with Crippen molar-refractivity contribution in [3.05, 3.63) is 0 Å². The Morgan fingerprint density at radius 3 is 2.41 bits per heavy atom. The van der Waals surface area contributed by atoms with E-state index in [0.29, 0.717) is 12.6 Å². The van der Waals surface area contributed by atoms with Crippen molar-refractivity contribution >= 4 is 5.91 Å². The fourth-order valence-electron chi connectivity index (χ4n) is 2.20. The van der Waals surface area contributed by atoms with Crippen molar-refractivity contribution < 1.29 is 9.53 Å². The van der Waals surface area contributed by atoms with Crippen molar-refractivity contribution in [3.63, 3.8) is 0 Å². The summed E-state index contributed by atoms with van der Waals surface area (Å²) in [7, 11) is 1.76. The molecule has 100 valence electrons. The van der Waals surface area contributed by atoms with Crippen LogP contribution in [0.5, 0.6) is 0 Å². The van der Waals surface area contributed by atoms with Gasteiger partial charge in [0.05, 0.1) is 12.1 Å². The summed E-state index contributed by atoms with van der Waals surface area (Å²) in [4.78, 5) is 11.6. The normalized spacial score (nSPS) is 17.9. The fraction of sp³-hybridized carbons (Fsp3) is 0.923. The maximum atomic E-state index is 11.6. The first-order chi connectivity index (χ1) is 8.15. The molecule has 4 nitrogen and oxygen atoms in total. The van der Waals surface area contributed by atoms with Gasteiger partial charge < -0.3 is 15.4 Å². The molecule has 1 saturated carbocycles. The third-order valence-electron chi connectivity index (χ3n) is 3.78. The molecule has 0 unspecified atom stereocenters. The number of rotatable bonds is 8. The van der Waals surface area contributed by atoms with Gasteiger partial charge in [-0.1, -0.05) is 13.8 Å². The molecule has 0 aromatic carbocycles. The first-order valence-corrected chi connectivity index (χ1v) is 6.71. The molecule has 0 aromatic rings. The third-order valence-corrected chi connectivity index (χ3v) is 3.78. The Kier molecular flexibility index (Phi) is 5.92. The average Bonchev–Trinajstić information content (AvgIpc) is 2.29. The SMILES string of the molecule is CCC(CC)NC(=O)CNCC1(OC)CCC1. The summed E-state index contributed by atoms with van der Waals surface area (Å²) in [6.45, 7) is 5.35. The Balaban J connectivity index is 2.15. The predicted molar refractivity (Wildman–Crippen MR) is 69.0 cm³/mol. The smallest absolute Gasteiger partial charge is 0.234 e. The zero-order valence-electron chi connectivity index (χ0n) is 11.3. The topological polar surface area (TPSA) is 50.4 Å². The van der Waals surface area contributed by atoms with Crippen molar-refractivity contribution in [3.8, 4) is 0 Å². The van der Waals surface area contributed by atoms with Crippen LogP contribution < -0.4 is 10.6 Å². The molecule has 0 radical (unpaired) electrons. The molecule has 4 heteroatoms. The van der Waals surface area contributed by atoms with Crippen LogP contribution in [0.4, 0.5) is 0 Å². The van der Waals surface area contributed by atoms with Crippen LogP contribution in [-0.2, 0) is 9.53 Å². The zero-order valence-corrected chi connectivity index (χ0v) is 11.3. The van der Waals surface area contributed by atoms with E-state index in [9.17, 15) is 4.79 Å². The van der Waals surface area contributed by atoms with E-state index in [1.54, 1.807) is 7.11 Å². The van der Waals surface area contributed by atoms with Crippen LogP contribution in [0.25, 0.3) is 0 Å². The summed E-state index contributed by atoms with van der Waals surface area (Å²) in [6, 6.07) is 0.310. The van der Waals surface area contributed by atoms with Gasteiger partial charge in [-0.3, -0.25) is 4.79 Å². The number of carbonyl (C=O) groups is 1. The van der Waals surface area contributed by atoms with Crippen LogP contribution in [-0.4, -0.2) is 37.7 Å². The van der Waals surface area contributed by atoms with Crippen molar-refractivity contribution in [1.29, 1.82) is 0 Å². The maximum Gasteiger partial charge on any atom is 0.234 e. The number of carbonyl (C=O) groups excluding carboxylic acids is 1. The minimum absolute atomic E-state index is 0.00477. The summed E-state index contributed by atoms with van der Waals surface area (Å²) in [5.41, 5.74) is -0.00477. The third kappa shape index (κ3) is 4.28. The molecule has 0 bridgehead atoms. The van der Waals surface area contributed by atoms with Crippen molar-refractivity contribution in [2.75, 3.05) is 20.2 Å². The lowest BCUT2D eigenvalue weighted by molar-refractivity contribution is -0.121. The largest absolute Gasteiger partial charge is 0.377 e. The van der Waals surface area contributed by atoms with Gasteiger partial charge in [-0.2, -0.15) is 0 Å². The number of methoxy groups -OCH3 is 1. The molecule has 0 atom stereocenters. The second-order valence-corrected chi connectivity index (χ2v) is 4.93. The van der Waals surface area contributed by atoms with E-state index in [1.165, 1.54) is 6.42 Å². The molecular weight excluding hydrogens is 216 g/mol. The molecule has 1 rings (SSSR count). The molecule has 17 heavy (non-hydrogen) atoms. The maximum absolute atomic E-state index is 11.6. The highest BCUT2D eigenvalue weighted by Crippen LogP contribution is 2.34. The zero-order chi connectivity index (χ0) is 12.7. The number of hydrogen-bond donors (Lipinski definition) is 2. The number of amides is 1. The van der Waals surface area contributed by atoms with Gasteiger partial charge in [-0.05, 0) is 32.1 Å². The molecule has 1 aliphatic rings. The van der Waals surface area contributed by atoms with Crippen molar-refractivity contribution in [1.82, 2.24) is 10.6 Å². The lowest BCUT2D eigenvalue weighted by Gasteiger charge is -2.40. The van der Waals surface area contributed by atoms with Crippen LogP contribution in [0, 0.1) is 0 Å². The second kappa shape index (κ2) is 6.97. The Morgan fingerprint density at radius 1 is 1.35 bits per heavy atom. The number of nitrogens with one attached hydrogen (secondary N) is 2. The van der Waals surface area contributed by atoms with E-state index in [-0.39, 0.29) is 11.5 Å². The molecule has 0 aromatic heterocycles. The predicted octanol–water partition coefficient (Wildman–Crippen LogP) is 1.45. The quantitative estimate of drug-likeness (QED) is 0.677. The van der Waals surface area contributed by atoms with E-state index >= 15 is 0 Å². The molecule has 0 aliphatic heterocycles. The monoisotopic (exact) mass is 242 g/mol. The minimum Gasteiger partial charge on any atom is -0.377 e. The van der Waals surface area contributed by atoms with E-state index in [4.69, 9.17) is 4.74 Å².